The zero-order valence-corrected chi connectivity index (χ0v) is 14.0. The Morgan fingerprint density at radius 1 is 0.864 bits per heavy atom. The van der Waals surface area contributed by atoms with Crippen molar-refractivity contribution in [3.05, 3.63) is 75.8 Å². The van der Waals surface area contributed by atoms with Gasteiger partial charge in [-0.25, -0.2) is 4.79 Å². The van der Waals surface area contributed by atoms with Crippen molar-refractivity contribution in [3.63, 3.8) is 0 Å². The van der Waals surface area contributed by atoms with E-state index in [9.17, 15) is 4.79 Å². The second-order valence-electron chi connectivity index (χ2n) is 5.34. The summed E-state index contributed by atoms with van der Waals surface area (Å²) in [6.45, 7) is 4.01. The van der Waals surface area contributed by atoms with Gasteiger partial charge in [0, 0.05) is 4.47 Å². The Bertz CT molecular complexity index is 868. The molecule has 3 aromatic carbocycles. The van der Waals surface area contributed by atoms with Gasteiger partial charge in [0.25, 0.3) is 0 Å². The molecule has 22 heavy (non-hydrogen) atoms. The molecule has 0 aliphatic heterocycles. The number of aryl methyl sites for hydroxylation is 2. The van der Waals surface area contributed by atoms with E-state index in [1.165, 1.54) is 0 Å². The van der Waals surface area contributed by atoms with E-state index in [4.69, 9.17) is 4.74 Å². The van der Waals surface area contributed by atoms with Crippen LogP contribution in [0.15, 0.2) is 59.1 Å². The predicted octanol–water partition coefficient (Wildman–Crippen LogP) is 5.44. The predicted molar refractivity (Wildman–Crippen MR) is 92.5 cm³/mol. The van der Waals surface area contributed by atoms with Gasteiger partial charge in [0.1, 0.15) is 5.75 Å². The van der Waals surface area contributed by atoms with Crippen molar-refractivity contribution in [2.45, 2.75) is 13.8 Å². The highest BCUT2D eigenvalue weighted by Gasteiger charge is 2.10. The molecule has 0 aliphatic carbocycles. The fraction of sp³-hybridized carbons (Fsp3) is 0.105. The maximum Gasteiger partial charge on any atom is 0.343 e. The minimum Gasteiger partial charge on any atom is -0.423 e. The Hall–Kier alpha value is -2.13. The van der Waals surface area contributed by atoms with Crippen LogP contribution >= 0.6 is 15.9 Å². The van der Waals surface area contributed by atoms with Gasteiger partial charge in [0.05, 0.1) is 5.56 Å². The van der Waals surface area contributed by atoms with Crippen molar-refractivity contribution < 1.29 is 9.53 Å². The molecular weight excluding hydrogens is 340 g/mol. The van der Waals surface area contributed by atoms with Gasteiger partial charge in [-0.2, -0.15) is 0 Å². The van der Waals surface area contributed by atoms with Gasteiger partial charge >= 0.3 is 5.97 Å². The fourth-order valence-corrected chi connectivity index (χ4v) is 2.67. The number of carbonyl (C=O) groups is 1. The molecule has 0 atom stereocenters. The Labute approximate surface area is 137 Å². The van der Waals surface area contributed by atoms with Crippen molar-refractivity contribution in [2.24, 2.45) is 0 Å². The molecule has 0 heterocycles. The van der Waals surface area contributed by atoms with Gasteiger partial charge in [0.15, 0.2) is 0 Å². The summed E-state index contributed by atoms with van der Waals surface area (Å²) in [5.41, 5.74) is 2.81. The first kappa shape index (κ1) is 14.8. The SMILES string of the molecule is Cc1ccc(C(=O)Oc2ccc3cc(Br)ccc3c2)cc1C. The van der Waals surface area contributed by atoms with E-state index in [1.54, 1.807) is 6.07 Å². The second-order valence-corrected chi connectivity index (χ2v) is 6.26. The number of benzene rings is 3. The van der Waals surface area contributed by atoms with E-state index in [2.05, 4.69) is 15.9 Å². The lowest BCUT2D eigenvalue weighted by molar-refractivity contribution is 0.0735. The van der Waals surface area contributed by atoms with Crippen LogP contribution in [0.2, 0.25) is 0 Å². The second kappa shape index (κ2) is 5.93. The topological polar surface area (TPSA) is 26.3 Å². The molecule has 110 valence electrons. The average molecular weight is 355 g/mol. The molecule has 0 unspecified atom stereocenters. The highest BCUT2D eigenvalue weighted by atomic mass is 79.9. The number of ether oxygens (including phenoxy) is 1. The summed E-state index contributed by atoms with van der Waals surface area (Å²) in [4.78, 5) is 12.2. The molecular formula is C19H15BrO2. The first-order valence-corrected chi connectivity index (χ1v) is 7.81. The van der Waals surface area contributed by atoms with Crippen molar-refractivity contribution in [1.29, 1.82) is 0 Å². The highest BCUT2D eigenvalue weighted by molar-refractivity contribution is 9.10. The van der Waals surface area contributed by atoms with Crippen LogP contribution in [0.5, 0.6) is 5.75 Å². The molecule has 3 heteroatoms. The molecule has 2 nitrogen and oxygen atoms in total. The summed E-state index contributed by atoms with van der Waals surface area (Å²) in [5, 5.41) is 2.13. The molecule has 0 N–H and O–H groups in total. The maximum absolute atomic E-state index is 12.2. The molecule has 0 aromatic heterocycles. The first-order chi connectivity index (χ1) is 10.5. The lowest BCUT2D eigenvalue weighted by Gasteiger charge is -2.07. The van der Waals surface area contributed by atoms with Gasteiger partial charge in [-0.15, -0.1) is 0 Å². The van der Waals surface area contributed by atoms with Crippen LogP contribution in [0.4, 0.5) is 0 Å². The Morgan fingerprint density at radius 2 is 1.59 bits per heavy atom. The number of carbonyl (C=O) groups excluding carboxylic acids is 1. The summed E-state index contributed by atoms with van der Waals surface area (Å²) in [5.74, 6) is 0.220. The van der Waals surface area contributed by atoms with E-state index >= 15 is 0 Å². The number of fused-ring (bicyclic) bond motifs is 1. The molecule has 0 saturated carbocycles. The quantitative estimate of drug-likeness (QED) is 0.452. The van der Waals surface area contributed by atoms with E-state index in [-0.39, 0.29) is 5.97 Å². The lowest BCUT2D eigenvalue weighted by atomic mass is 10.1. The largest absolute Gasteiger partial charge is 0.423 e. The molecule has 0 spiro atoms. The zero-order valence-electron chi connectivity index (χ0n) is 12.4. The normalized spacial score (nSPS) is 10.7. The Balaban J connectivity index is 1.87. The fourth-order valence-electron chi connectivity index (χ4n) is 2.29. The van der Waals surface area contributed by atoms with Crippen LogP contribution in [-0.2, 0) is 0 Å². The Morgan fingerprint density at radius 3 is 2.36 bits per heavy atom. The van der Waals surface area contributed by atoms with Crippen molar-refractivity contribution in [2.75, 3.05) is 0 Å². The van der Waals surface area contributed by atoms with E-state index in [0.29, 0.717) is 11.3 Å². The first-order valence-electron chi connectivity index (χ1n) is 7.02. The van der Waals surface area contributed by atoms with Gasteiger partial charge < -0.3 is 4.74 Å². The summed E-state index contributed by atoms with van der Waals surface area (Å²) < 4.78 is 6.51. The third kappa shape index (κ3) is 3.04. The number of hydrogen-bond acceptors (Lipinski definition) is 2. The monoisotopic (exact) mass is 354 g/mol. The third-order valence-corrected chi connectivity index (χ3v) is 4.22. The van der Waals surface area contributed by atoms with E-state index in [0.717, 1.165) is 26.4 Å². The molecule has 0 fully saturated rings. The van der Waals surface area contributed by atoms with Gasteiger partial charge in [-0.05, 0) is 72.1 Å². The third-order valence-electron chi connectivity index (χ3n) is 3.73. The van der Waals surface area contributed by atoms with Crippen molar-refractivity contribution in [3.8, 4) is 5.75 Å². The smallest absolute Gasteiger partial charge is 0.343 e. The maximum atomic E-state index is 12.2. The summed E-state index contributed by atoms with van der Waals surface area (Å²) >= 11 is 3.45. The number of halogens is 1. The minimum absolute atomic E-state index is 0.334. The minimum atomic E-state index is -0.334. The summed E-state index contributed by atoms with van der Waals surface area (Å²) in [7, 11) is 0. The molecule has 0 amide bonds. The van der Waals surface area contributed by atoms with E-state index < -0.39 is 0 Å². The van der Waals surface area contributed by atoms with Crippen LogP contribution in [0.3, 0.4) is 0 Å². The highest BCUT2D eigenvalue weighted by Crippen LogP contribution is 2.24. The van der Waals surface area contributed by atoms with Gasteiger partial charge in [-0.1, -0.05) is 34.1 Å². The summed E-state index contributed by atoms with van der Waals surface area (Å²) in [6, 6.07) is 17.2. The van der Waals surface area contributed by atoms with Gasteiger partial charge in [-0.3, -0.25) is 0 Å². The van der Waals surface area contributed by atoms with Crippen LogP contribution < -0.4 is 4.74 Å². The van der Waals surface area contributed by atoms with Crippen molar-refractivity contribution in [1.82, 2.24) is 0 Å². The molecule has 0 bridgehead atoms. The van der Waals surface area contributed by atoms with E-state index in [1.807, 2.05) is 62.4 Å². The van der Waals surface area contributed by atoms with Crippen molar-refractivity contribution >= 4 is 32.7 Å². The standard InChI is InChI=1S/C19H15BrO2/c1-12-3-4-16(9-13(12)2)19(21)22-18-8-6-14-10-17(20)7-5-15(14)11-18/h3-11H,1-2H3. The summed E-state index contributed by atoms with van der Waals surface area (Å²) in [6.07, 6.45) is 0. The zero-order chi connectivity index (χ0) is 15.7. The van der Waals surface area contributed by atoms with Gasteiger partial charge in [0.2, 0.25) is 0 Å². The molecule has 3 aromatic rings. The molecule has 0 saturated heterocycles. The van der Waals surface area contributed by atoms with Crippen LogP contribution in [0.25, 0.3) is 10.8 Å². The number of esters is 1. The molecule has 3 rings (SSSR count). The molecule has 0 radical (unpaired) electrons. The lowest BCUT2D eigenvalue weighted by Crippen LogP contribution is -2.08. The Kier molecular flexibility index (Phi) is 3.99. The van der Waals surface area contributed by atoms with Crippen LogP contribution in [-0.4, -0.2) is 5.97 Å². The van der Waals surface area contributed by atoms with Crippen LogP contribution in [0, 0.1) is 13.8 Å². The number of hydrogen-bond donors (Lipinski definition) is 0. The molecule has 0 aliphatic rings. The van der Waals surface area contributed by atoms with Crippen LogP contribution in [0.1, 0.15) is 21.5 Å². The number of rotatable bonds is 2. The average Bonchev–Trinajstić information content (AvgIpc) is 2.50.